The Morgan fingerprint density at radius 3 is 2.60 bits per heavy atom. The van der Waals surface area contributed by atoms with Gasteiger partial charge in [0.1, 0.15) is 11.5 Å². The van der Waals surface area contributed by atoms with Crippen molar-refractivity contribution in [2.45, 2.75) is 6.54 Å². The molecule has 2 aromatic rings. The van der Waals surface area contributed by atoms with Crippen LogP contribution in [0.4, 0.5) is 0 Å². The van der Waals surface area contributed by atoms with Gasteiger partial charge in [-0.25, -0.2) is 0 Å². The molecule has 5 heteroatoms. The van der Waals surface area contributed by atoms with Crippen LogP contribution in [0.15, 0.2) is 42.5 Å². The highest BCUT2D eigenvalue weighted by Gasteiger charge is 2.11. The molecule has 0 saturated carbocycles. The molecular formula is C15H14ClNO3. The van der Waals surface area contributed by atoms with Gasteiger partial charge in [0.2, 0.25) is 0 Å². The first-order valence-electron chi connectivity index (χ1n) is 6.00. The largest absolute Gasteiger partial charge is 0.507 e. The van der Waals surface area contributed by atoms with E-state index in [9.17, 15) is 9.90 Å². The molecule has 0 bridgehead atoms. The molecule has 0 unspecified atom stereocenters. The van der Waals surface area contributed by atoms with Crippen LogP contribution in [-0.4, -0.2) is 18.1 Å². The molecule has 0 radical (unpaired) electrons. The minimum atomic E-state index is -0.374. The number of hydrogen-bond donors (Lipinski definition) is 2. The lowest BCUT2D eigenvalue weighted by atomic mass is 10.1. The van der Waals surface area contributed by atoms with E-state index in [1.165, 1.54) is 18.2 Å². The summed E-state index contributed by atoms with van der Waals surface area (Å²) in [5.41, 5.74) is 1.09. The molecule has 1 amide bonds. The molecular weight excluding hydrogens is 278 g/mol. The zero-order valence-corrected chi connectivity index (χ0v) is 11.6. The van der Waals surface area contributed by atoms with E-state index in [0.717, 1.165) is 11.3 Å². The van der Waals surface area contributed by atoms with Crippen molar-refractivity contribution < 1.29 is 14.6 Å². The SMILES string of the molecule is COc1ccc(CNC(=O)c2cc(Cl)ccc2O)cc1. The number of carbonyl (C=O) groups is 1. The van der Waals surface area contributed by atoms with E-state index in [0.29, 0.717) is 11.6 Å². The van der Waals surface area contributed by atoms with Crippen LogP contribution in [0.5, 0.6) is 11.5 Å². The van der Waals surface area contributed by atoms with Gasteiger partial charge in [-0.15, -0.1) is 0 Å². The number of nitrogens with one attached hydrogen (secondary N) is 1. The first kappa shape index (κ1) is 14.2. The van der Waals surface area contributed by atoms with Crippen LogP contribution >= 0.6 is 11.6 Å². The highest BCUT2D eigenvalue weighted by atomic mass is 35.5. The molecule has 20 heavy (non-hydrogen) atoms. The number of hydrogen-bond acceptors (Lipinski definition) is 3. The van der Waals surface area contributed by atoms with Gasteiger partial charge in [0.15, 0.2) is 0 Å². The molecule has 2 rings (SSSR count). The molecule has 0 saturated heterocycles. The first-order chi connectivity index (χ1) is 9.60. The average molecular weight is 292 g/mol. The lowest BCUT2D eigenvalue weighted by Gasteiger charge is -2.08. The van der Waals surface area contributed by atoms with Gasteiger partial charge in [0.25, 0.3) is 5.91 Å². The molecule has 104 valence electrons. The number of amides is 1. The van der Waals surface area contributed by atoms with Gasteiger partial charge in [-0.2, -0.15) is 0 Å². The van der Waals surface area contributed by atoms with Gasteiger partial charge < -0.3 is 15.2 Å². The summed E-state index contributed by atoms with van der Waals surface area (Å²) in [6.07, 6.45) is 0. The topological polar surface area (TPSA) is 58.6 Å². The third kappa shape index (κ3) is 3.42. The highest BCUT2D eigenvalue weighted by molar-refractivity contribution is 6.31. The Kier molecular flexibility index (Phi) is 4.48. The lowest BCUT2D eigenvalue weighted by Crippen LogP contribution is -2.22. The standard InChI is InChI=1S/C15H14ClNO3/c1-20-12-5-2-10(3-6-12)9-17-15(19)13-8-11(16)4-7-14(13)18/h2-8,18H,9H2,1H3,(H,17,19). The summed E-state index contributed by atoms with van der Waals surface area (Å²) >= 11 is 5.81. The molecule has 2 N–H and O–H groups in total. The molecule has 0 aliphatic carbocycles. The molecule has 0 spiro atoms. The summed E-state index contributed by atoms with van der Waals surface area (Å²) in [7, 11) is 1.60. The summed E-state index contributed by atoms with van der Waals surface area (Å²) in [5, 5.41) is 12.8. The van der Waals surface area contributed by atoms with E-state index in [-0.39, 0.29) is 17.2 Å². The molecule has 0 atom stereocenters. The van der Waals surface area contributed by atoms with Crippen molar-refractivity contribution in [1.82, 2.24) is 5.32 Å². The maximum atomic E-state index is 12.0. The van der Waals surface area contributed by atoms with Gasteiger partial charge >= 0.3 is 0 Å². The fourth-order valence-corrected chi connectivity index (χ4v) is 1.88. The van der Waals surface area contributed by atoms with Crippen LogP contribution < -0.4 is 10.1 Å². The van der Waals surface area contributed by atoms with Gasteiger partial charge in [0.05, 0.1) is 12.7 Å². The number of methoxy groups -OCH3 is 1. The van der Waals surface area contributed by atoms with Crippen molar-refractivity contribution in [2.24, 2.45) is 0 Å². The Bertz CT molecular complexity index is 611. The van der Waals surface area contributed by atoms with Crippen molar-refractivity contribution in [3.05, 3.63) is 58.6 Å². The number of phenols is 1. The molecule has 0 aromatic heterocycles. The van der Waals surface area contributed by atoms with Crippen molar-refractivity contribution in [1.29, 1.82) is 0 Å². The summed E-state index contributed by atoms with van der Waals surface area (Å²) in [5.74, 6) is 0.287. The highest BCUT2D eigenvalue weighted by Crippen LogP contribution is 2.21. The third-order valence-electron chi connectivity index (χ3n) is 2.82. The number of benzene rings is 2. The van der Waals surface area contributed by atoms with Crippen molar-refractivity contribution in [3.63, 3.8) is 0 Å². The minimum absolute atomic E-state index is 0.0957. The average Bonchev–Trinajstić information content (AvgIpc) is 2.47. The van der Waals surface area contributed by atoms with E-state index in [4.69, 9.17) is 16.3 Å². The number of carbonyl (C=O) groups excluding carboxylic acids is 1. The Hall–Kier alpha value is -2.20. The monoisotopic (exact) mass is 291 g/mol. The molecule has 4 nitrogen and oxygen atoms in total. The second-order valence-electron chi connectivity index (χ2n) is 4.19. The van der Waals surface area contributed by atoms with Gasteiger partial charge in [-0.05, 0) is 35.9 Å². The van der Waals surface area contributed by atoms with Gasteiger partial charge in [0, 0.05) is 11.6 Å². The van der Waals surface area contributed by atoms with Crippen LogP contribution in [0.25, 0.3) is 0 Å². The maximum absolute atomic E-state index is 12.0. The number of aromatic hydroxyl groups is 1. The normalized spacial score (nSPS) is 10.1. The second-order valence-corrected chi connectivity index (χ2v) is 4.63. The van der Waals surface area contributed by atoms with Crippen molar-refractivity contribution in [2.75, 3.05) is 7.11 Å². The van der Waals surface area contributed by atoms with Crippen LogP contribution in [0.1, 0.15) is 15.9 Å². The quantitative estimate of drug-likeness (QED) is 0.910. The third-order valence-corrected chi connectivity index (χ3v) is 3.05. The smallest absolute Gasteiger partial charge is 0.255 e. The van der Waals surface area contributed by atoms with Crippen LogP contribution in [0, 0.1) is 0 Å². The zero-order valence-electron chi connectivity index (χ0n) is 10.9. The Balaban J connectivity index is 2.02. The molecule has 0 fully saturated rings. The van der Waals surface area contributed by atoms with E-state index < -0.39 is 0 Å². The Morgan fingerprint density at radius 2 is 1.95 bits per heavy atom. The number of ether oxygens (including phenoxy) is 1. The van der Waals surface area contributed by atoms with Gasteiger partial charge in [-0.1, -0.05) is 23.7 Å². The summed E-state index contributed by atoms with van der Waals surface area (Å²) in [4.78, 5) is 12.0. The first-order valence-corrected chi connectivity index (χ1v) is 6.37. The van der Waals surface area contributed by atoms with Crippen LogP contribution in [0.3, 0.4) is 0 Å². The fourth-order valence-electron chi connectivity index (χ4n) is 1.71. The van der Waals surface area contributed by atoms with Crippen LogP contribution in [0.2, 0.25) is 5.02 Å². The second kappa shape index (κ2) is 6.30. The summed E-state index contributed by atoms with van der Waals surface area (Å²) in [6, 6.07) is 11.7. The van der Waals surface area contributed by atoms with Crippen molar-refractivity contribution in [3.8, 4) is 11.5 Å². The minimum Gasteiger partial charge on any atom is -0.507 e. The van der Waals surface area contributed by atoms with E-state index in [2.05, 4.69) is 5.32 Å². The Morgan fingerprint density at radius 1 is 1.25 bits per heavy atom. The molecule has 0 aliphatic rings. The van der Waals surface area contributed by atoms with E-state index in [1.807, 2.05) is 24.3 Å². The van der Waals surface area contributed by atoms with E-state index in [1.54, 1.807) is 7.11 Å². The number of halogens is 1. The Labute approximate surface area is 122 Å². The maximum Gasteiger partial charge on any atom is 0.255 e. The number of rotatable bonds is 4. The summed E-state index contributed by atoms with van der Waals surface area (Å²) in [6.45, 7) is 0.356. The van der Waals surface area contributed by atoms with E-state index >= 15 is 0 Å². The van der Waals surface area contributed by atoms with Crippen LogP contribution in [-0.2, 0) is 6.54 Å². The molecule has 0 heterocycles. The fraction of sp³-hybridized carbons (Fsp3) is 0.133. The summed E-state index contributed by atoms with van der Waals surface area (Å²) < 4.78 is 5.06. The molecule has 0 aliphatic heterocycles. The molecule has 2 aromatic carbocycles. The predicted molar refractivity (Wildman–Crippen MR) is 77.3 cm³/mol. The van der Waals surface area contributed by atoms with Gasteiger partial charge in [-0.3, -0.25) is 4.79 Å². The van der Waals surface area contributed by atoms with Crippen molar-refractivity contribution >= 4 is 17.5 Å². The lowest BCUT2D eigenvalue weighted by molar-refractivity contribution is 0.0948. The predicted octanol–water partition coefficient (Wildman–Crippen LogP) is 2.98. The zero-order chi connectivity index (χ0) is 14.5. The number of phenolic OH excluding ortho intramolecular Hbond substituents is 1.